The van der Waals surface area contributed by atoms with Crippen molar-refractivity contribution in [3.63, 3.8) is 0 Å². The monoisotopic (exact) mass is 416 g/mol. The van der Waals surface area contributed by atoms with Gasteiger partial charge in [0.1, 0.15) is 5.52 Å². The summed E-state index contributed by atoms with van der Waals surface area (Å²) in [5.74, 6) is 0.136. The van der Waals surface area contributed by atoms with Crippen LogP contribution in [-0.4, -0.2) is 48.0 Å². The van der Waals surface area contributed by atoms with Gasteiger partial charge >= 0.3 is 0 Å². The van der Waals surface area contributed by atoms with Crippen molar-refractivity contribution in [1.82, 2.24) is 15.1 Å². The number of primary amides is 1. The normalized spacial score (nSPS) is 16.8. The van der Waals surface area contributed by atoms with E-state index in [9.17, 15) is 13.2 Å². The number of hydrogen-bond donors (Lipinski definition) is 3. The molecular formula is C20H24N4O4S. The van der Waals surface area contributed by atoms with Crippen LogP contribution in [0.5, 0.6) is 0 Å². The molecule has 2 aromatic carbocycles. The van der Waals surface area contributed by atoms with Gasteiger partial charge in [0.15, 0.2) is 0 Å². The van der Waals surface area contributed by atoms with E-state index in [2.05, 4.69) is 34.7 Å². The Labute approximate surface area is 169 Å². The average Bonchev–Trinajstić information content (AvgIpc) is 3.11. The molecule has 1 fully saturated rings. The number of piperidine rings is 1. The van der Waals surface area contributed by atoms with Crippen molar-refractivity contribution in [2.24, 2.45) is 5.73 Å². The second-order valence-corrected chi connectivity index (χ2v) is 8.52. The maximum Gasteiger partial charge on any atom is 0.261 e. The number of nitrogens with zero attached hydrogens (tertiary/aromatic N) is 2. The molecule has 1 saturated heterocycles. The highest BCUT2D eigenvalue weighted by Crippen LogP contribution is 2.25. The number of nitrogens with two attached hydrogens (primary N) is 1. The SMILES string of the molecule is CS(=O)(=O)O.NC(=O)c1cccc2cn(-c3ccc([C@@H]4CCCNC4)cc3)nc12. The minimum absolute atomic E-state index is 0.453. The second-order valence-electron chi connectivity index (χ2n) is 7.05. The smallest absolute Gasteiger partial charge is 0.261 e. The van der Waals surface area contributed by atoms with Crippen LogP contribution in [0.15, 0.2) is 48.7 Å². The van der Waals surface area contributed by atoms with Gasteiger partial charge < -0.3 is 11.1 Å². The lowest BCUT2D eigenvalue weighted by Crippen LogP contribution is -2.28. The summed E-state index contributed by atoms with van der Waals surface area (Å²) in [4.78, 5) is 11.5. The number of nitrogens with one attached hydrogen (secondary N) is 1. The molecule has 0 bridgehead atoms. The van der Waals surface area contributed by atoms with Gasteiger partial charge in [-0.25, -0.2) is 4.68 Å². The Morgan fingerprint density at radius 1 is 1.24 bits per heavy atom. The fourth-order valence-corrected chi connectivity index (χ4v) is 3.41. The molecule has 0 radical (unpaired) electrons. The maximum absolute atomic E-state index is 11.5. The molecule has 1 aliphatic rings. The molecule has 1 aliphatic heterocycles. The van der Waals surface area contributed by atoms with E-state index < -0.39 is 16.0 Å². The van der Waals surface area contributed by atoms with Crippen LogP contribution < -0.4 is 11.1 Å². The summed E-state index contributed by atoms with van der Waals surface area (Å²) in [6.45, 7) is 2.17. The van der Waals surface area contributed by atoms with Crippen LogP contribution in [0.4, 0.5) is 0 Å². The number of rotatable bonds is 3. The first kappa shape index (κ1) is 21.0. The van der Waals surface area contributed by atoms with Crippen molar-refractivity contribution in [2.75, 3.05) is 19.3 Å². The Hall–Kier alpha value is -2.75. The minimum atomic E-state index is -3.67. The molecule has 4 rings (SSSR count). The number of carbonyl (C=O) groups is 1. The Morgan fingerprint density at radius 3 is 2.52 bits per heavy atom. The Kier molecular flexibility index (Phi) is 6.31. The van der Waals surface area contributed by atoms with Crippen LogP contribution in [0.1, 0.15) is 34.7 Å². The molecule has 0 unspecified atom stereocenters. The summed E-state index contributed by atoms with van der Waals surface area (Å²) in [7, 11) is -3.67. The molecule has 0 spiro atoms. The van der Waals surface area contributed by atoms with Gasteiger partial charge in [0.2, 0.25) is 0 Å². The van der Waals surface area contributed by atoms with Gasteiger partial charge in [-0.15, -0.1) is 0 Å². The fourth-order valence-electron chi connectivity index (χ4n) is 3.41. The highest BCUT2D eigenvalue weighted by atomic mass is 32.2. The van der Waals surface area contributed by atoms with Crippen molar-refractivity contribution in [1.29, 1.82) is 0 Å². The predicted molar refractivity (Wildman–Crippen MR) is 112 cm³/mol. The van der Waals surface area contributed by atoms with Gasteiger partial charge in [-0.2, -0.15) is 13.5 Å². The van der Waals surface area contributed by atoms with Crippen LogP contribution in [0.2, 0.25) is 0 Å². The molecule has 1 amide bonds. The van der Waals surface area contributed by atoms with Crippen molar-refractivity contribution < 1.29 is 17.8 Å². The molecule has 0 aliphatic carbocycles. The zero-order valence-corrected chi connectivity index (χ0v) is 16.9. The molecule has 0 saturated carbocycles. The summed E-state index contributed by atoms with van der Waals surface area (Å²) in [6.07, 6.45) is 5.11. The zero-order chi connectivity index (χ0) is 21.0. The van der Waals surface area contributed by atoms with Gasteiger partial charge in [0.25, 0.3) is 16.0 Å². The molecule has 9 heteroatoms. The first-order valence-electron chi connectivity index (χ1n) is 9.24. The Bertz CT molecular complexity index is 1090. The van der Waals surface area contributed by atoms with E-state index >= 15 is 0 Å². The third-order valence-corrected chi connectivity index (χ3v) is 4.73. The van der Waals surface area contributed by atoms with Crippen LogP contribution in [0, 0.1) is 0 Å². The summed E-state index contributed by atoms with van der Waals surface area (Å²) in [5, 5.41) is 8.91. The molecule has 8 nitrogen and oxygen atoms in total. The fraction of sp³-hybridized carbons (Fsp3) is 0.300. The van der Waals surface area contributed by atoms with Gasteiger partial charge in [-0.1, -0.05) is 24.3 Å². The van der Waals surface area contributed by atoms with Crippen LogP contribution in [0.25, 0.3) is 16.6 Å². The Balaban J connectivity index is 0.000000431. The molecule has 3 aromatic rings. The highest BCUT2D eigenvalue weighted by Gasteiger charge is 2.15. The molecule has 4 N–H and O–H groups in total. The highest BCUT2D eigenvalue weighted by molar-refractivity contribution is 7.85. The summed E-state index contributed by atoms with van der Waals surface area (Å²) in [5.41, 5.74) is 8.88. The third-order valence-electron chi connectivity index (χ3n) is 4.73. The van der Waals surface area contributed by atoms with E-state index in [-0.39, 0.29) is 0 Å². The zero-order valence-electron chi connectivity index (χ0n) is 16.1. The lowest BCUT2D eigenvalue weighted by Gasteiger charge is -2.23. The van der Waals surface area contributed by atoms with E-state index in [1.165, 1.54) is 18.4 Å². The maximum atomic E-state index is 11.5. The summed E-state index contributed by atoms with van der Waals surface area (Å²) < 4.78 is 27.7. The van der Waals surface area contributed by atoms with E-state index in [4.69, 9.17) is 10.3 Å². The molecular weight excluding hydrogens is 392 g/mol. The van der Waals surface area contributed by atoms with Crippen LogP contribution in [-0.2, 0) is 10.1 Å². The number of aromatic nitrogens is 2. The number of benzene rings is 2. The summed E-state index contributed by atoms with van der Waals surface area (Å²) >= 11 is 0. The topological polar surface area (TPSA) is 127 Å². The Morgan fingerprint density at radius 2 is 1.93 bits per heavy atom. The number of hydrogen-bond acceptors (Lipinski definition) is 5. The van der Waals surface area contributed by atoms with E-state index in [1.807, 2.05) is 18.3 Å². The first-order valence-corrected chi connectivity index (χ1v) is 11.1. The van der Waals surface area contributed by atoms with Crippen LogP contribution in [0.3, 0.4) is 0 Å². The minimum Gasteiger partial charge on any atom is -0.366 e. The van der Waals surface area contributed by atoms with Gasteiger partial charge in [-0.3, -0.25) is 9.35 Å². The van der Waals surface area contributed by atoms with Crippen molar-refractivity contribution in [3.05, 3.63) is 59.8 Å². The largest absolute Gasteiger partial charge is 0.366 e. The lowest BCUT2D eigenvalue weighted by molar-refractivity contribution is 0.100. The van der Waals surface area contributed by atoms with Crippen molar-refractivity contribution >= 4 is 26.9 Å². The lowest BCUT2D eigenvalue weighted by atomic mass is 9.92. The van der Waals surface area contributed by atoms with Gasteiger partial charge in [0.05, 0.1) is 17.5 Å². The van der Waals surface area contributed by atoms with Crippen molar-refractivity contribution in [3.8, 4) is 5.69 Å². The van der Waals surface area contributed by atoms with Crippen molar-refractivity contribution in [2.45, 2.75) is 18.8 Å². The first-order chi connectivity index (χ1) is 13.7. The van der Waals surface area contributed by atoms with E-state index in [1.54, 1.807) is 10.7 Å². The quantitative estimate of drug-likeness (QED) is 0.561. The van der Waals surface area contributed by atoms with Crippen LogP contribution >= 0.6 is 0 Å². The third kappa shape index (κ3) is 5.63. The van der Waals surface area contributed by atoms with Gasteiger partial charge in [-0.05, 0) is 49.1 Å². The molecule has 1 atom stereocenters. The molecule has 29 heavy (non-hydrogen) atoms. The number of amides is 1. The number of fused-ring (bicyclic) bond motifs is 1. The van der Waals surface area contributed by atoms with E-state index in [0.29, 0.717) is 23.3 Å². The molecule has 1 aromatic heterocycles. The number of carbonyl (C=O) groups excluding carboxylic acids is 1. The second kappa shape index (κ2) is 8.73. The molecule has 154 valence electrons. The summed E-state index contributed by atoms with van der Waals surface area (Å²) in [6, 6.07) is 14.0. The van der Waals surface area contributed by atoms with E-state index in [0.717, 1.165) is 24.2 Å². The average molecular weight is 417 g/mol. The molecule has 2 heterocycles. The van der Waals surface area contributed by atoms with Gasteiger partial charge in [0, 0.05) is 18.1 Å². The standard InChI is InChI=1S/C19H20N4O.CH4O3S/c20-19(24)17-5-1-3-15-12-23(22-18(15)17)16-8-6-13(7-9-16)14-4-2-10-21-11-14;1-5(2,3)4/h1,3,5-9,12,14,21H,2,4,10-11H2,(H2,20,24);1H3,(H,2,3,4)/t14-;/m1./s1. The predicted octanol–water partition coefficient (Wildman–Crippen LogP) is 2.10.